The van der Waals surface area contributed by atoms with Crippen molar-refractivity contribution < 1.29 is 80.9 Å². The predicted octanol–water partition coefficient (Wildman–Crippen LogP) is 5.96. The van der Waals surface area contributed by atoms with Gasteiger partial charge in [0, 0.05) is 0 Å². The summed E-state index contributed by atoms with van der Waals surface area (Å²) >= 11 is 9.30. The number of benzene rings is 3. The zero-order chi connectivity index (χ0) is 32.0. The second kappa shape index (κ2) is 15.6. The minimum absolute atomic E-state index is 1.17. The molecule has 0 atom stereocenters. The molecule has 0 unspecified atom stereocenters. The molecule has 0 aliphatic heterocycles. The molecular weight excluding hydrogens is 656 g/mol. The molecule has 0 bridgehead atoms. The maximum Gasteiger partial charge on any atom is 0.631 e. The van der Waals surface area contributed by atoms with Crippen LogP contribution in [0.25, 0.3) is 0 Å². The van der Waals surface area contributed by atoms with Gasteiger partial charge in [-0.1, -0.05) is 0 Å². The third kappa shape index (κ3) is 8.80. The van der Waals surface area contributed by atoms with Crippen LogP contribution in [0.3, 0.4) is 0 Å². The molecule has 0 radical (unpaired) electrons. The molecule has 0 amide bonds. The van der Waals surface area contributed by atoms with Crippen LogP contribution >= 0.6 is 37.9 Å². The summed E-state index contributed by atoms with van der Waals surface area (Å²) in [6, 6.07) is 0. The Morgan fingerprint density at radius 2 is 0.350 bits per heavy atom. The molecule has 3 aromatic carbocycles. The Morgan fingerprint density at radius 3 is 0.450 bits per heavy atom. The minimum atomic E-state index is -2.18. The quantitative estimate of drug-likeness (QED) is 0.0593. The molecule has 0 heterocycles. The minimum Gasteiger partial charge on any atom is -0.402 e. The standard InChI is InChI=1S/3C6HF5S.BH3O3/c3*7-1-2(8)4(10)6(12)5(11)3(1)9;2-1(3)4/h3*12H;2-4H. The largest absolute Gasteiger partial charge is 0.631 e. The lowest BCUT2D eigenvalue weighted by Crippen LogP contribution is -2.07. The van der Waals surface area contributed by atoms with Gasteiger partial charge < -0.3 is 15.1 Å². The molecule has 0 saturated heterocycles. The van der Waals surface area contributed by atoms with Gasteiger partial charge in [0.25, 0.3) is 0 Å². The first-order valence-corrected chi connectivity index (χ1v) is 10.1. The third-order valence-electron chi connectivity index (χ3n) is 3.56. The van der Waals surface area contributed by atoms with Gasteiger partial charge in [-0.25, -0.2) is 65.9 Å². The van der Waals surface area contributed by atoms with Gasteiger partial charge in [0.2, 0.25) is 17.5 Å². The second-order valence-corrected chi connectivity index (χ2v) is 7.44. The molecule has 0 aliphatic rings. The van der Waals surface area contributed by atoms with E-state index in [1.165, 1.54) is 0 Å². The maximum absolute atomic E-state index is 12.3. The van der Waals surface area contributed by atoms with Crippen LogP contribution in [0.5, 0.6) is 0 Å². The Labute approximate surface area is 228 Å². The molecule has 0 fully saturated rings. The van der Waals surface area contributed by atoms with Crippen molar-refractivity contribution in [3.05, 3.63) is 87.3 Å². The number of hydrogen-bond acceptors (Lipinski definition) is 6. The molecule has 40 heavy (non-hydrogen) atoms. The number of thiol groups is 3. The Morgan fingerprint density at radius 1 is 0.275 bits per heavy atom. The Hall–Kier alpha value is -2.40. The van der Waals surface area contributed by atoms with Gasteiger partial charge in [0.15, 0.2) is 69.8 Å². The Bertz CT molecular complexity index is 917. The van der Waals surface area contributed by atoms with E-state index >= 15 is 0 Å². The summed E-state index contributed by atoms with van der Waals surface area (Å²) in [6.07, 6.45) is 0. The van der Waals surface area contributed by atoms with Crippen molar-refractivity contribution >= 4 is 45.2 Å². The van der Waals surface area contributed by atoms with Crippen molar-refractivity contribution in [1.82, 2.24) is 0 Å². The zero-order valence-corrected chi connectivity index (χ0v) is 20.6. The molecule has 222 valence electrons. The highest BCUT2D eigenvalue weighted by Crippen LogP contribution is 2.27. The summed E-state index contributed by atoms with van der Waals surface area (Å²) in [7, 11) is -2.17. The van der Waals surface area contributed by atoms with Crippen molar-refractivity contribution in [2.75, 3.05) is 0 Å². The molecule has 0 aliphatic carbocycles. The molecular formula is C18H6BF15O3S3. The normalized spacial score (nSPS) is 10.1. The first-order chi connectivity index (χ1) is 18.1. The van der Waals surface area contributed by atoms with E-state index in [1.807, 2.05) is 0 Å². The Kier molecular flexibility index (Phi) is 14.6. The van der Waals surface area contributed by atoms with Crippen LogP contribution in [0.15, 0.2) is 14.7 Å². The van der Waals surface area contributed by atoms with Gasteiger partial charge >= 0.3 is 7.32 Å². The number of hydrogen-bond donors (Lipinski definition) is 6. The molecule has 3 rings (SSSR count). The highest BCUT2D eigenvalue weighted by molar-refractivity contribution is 7.80. The lowest BCUT2D eigenvalue weighted by molar-refractivity contribution is 0.278. The van der Waals surface area contributed by atoms with Crippen LogP contribution in [-0.2, 0) is 0 Å². The van der Waals surface area contributed by atoms with E-state index in [-0.39, 0.29) is 0 Å². The zero-order valence-electron chi connectivity index (χ0n) is 17.9. The van der Waals surface area contributed by atoms with Crippen LogP contribution in [0.2, 0.25) is 0 Å². The third-order valence-corrected chi connectivity index (χ3v) is 4.74. The van der Waals surface area contributed by atoms with Gasteiger partial charge in [-0.3, -0.25) is 0 Å². The van der Waals surface area contributed by atoms with E-state index < -0.39 is 109 Å². The van der Waals surface area contributed by atoms with Crippen LogP contribution in [0.1, 0.15) is 0 Å². The lowest BCUT2D eigenvalue weighted by Gasteiger charge is -2.01. The van der Waals surface area contributed by atoms with Crippen molar-refractivity contribution in [3.8, 4) is 0 Å². The smallest absolute Gasteiger partial charge is 0.402 e. The average Bonchev–Trinajstić information content (AvgIpc) is 2.92. The van der Waals surface area contributed by atoms with Crippen LogP contribution < -0.4 is 0 Å². The van der Waals surface area contributed by atoms with Gasteiger partial charge in [0.1, 0.15) is 0 Å². The fraction of sp³-hybridized carbons (Fsp3) is 0. The first-order valence-electron chi connectivity index (χ1n) is 8.78. The van der Waals surface area contributed by atoms with Crippen LogP contribution in [-0.4, -0.2) is 22.4 Å². The summed E-state index contributed by atoms with van der Waals surface area (Å²) in [4.78, 5) is -3.52. The lowest BCUT2D eigenvalue weighted by atomic mass is 10.3. The fourth-order valence-electron chi connectivity index (χ4n) is 1.78. The summed E-state index contributed by atoms with van der Waals surface area (Å²) in [5.74, 6) is -30.0. The summed E-state index contributed by atoms with van der Waals surface area (Å²) in [5.41, 5.74) is 0. The summed E-state index contributed by atoms with van der Waals surface area (Å²) in [5, 5.41) is 21.5. The monoisotopic (exact) mass is 662 g/mol. The van der Waals surface area contributed by atoms with Crippen molar-refractivity contribution in [3.63, 3.8) is 0 Å². The number of rotatable bonds is 0. The molecule has 3 N–H and O–H groups in total. The van der Waals surface area contributed by atoms with Crippen molar-refractivity contribution in [2.45, 2.75) is 14.7 Å². The van der Waals surface area contributed by atoms with E-state index in [0.29, 0.717) is 0 Å². The first kappa shape index (κ1) is 37.6. The topological polar surface area (TPSA) is 60.7 Å². The molecule has 0 spiro atoms. The van der Waals surface area contributed by atoms with Gasteiger partial charge in [-0.2, -0.15) is 0 Å². The van der Waals surface area contributed by atoms with Crippen molar-refractivity contribution in [2.24, 2.45) is 0 Å². The van der Waals surface area contributed by atoms with Gasteiger partial charge in [-0.15, -0.1) is 37.9 Å². The predicted molar refractivity (Wildman–Crippen MR) is 113 cm³/mol. The van der Waals surface area contributed by atoms with E-state index in [9.17, 15) is 65.9 Å². The summed E-state index contributed by atoms with van der Waals surface area (Å²) in [6.45, 7) is 0. The van der Waals surface area contributed by atoms with E-state index in [4.69, 9.17) is 15.1 Å². The number of halogens is 15. The van der Waals surface area contributed by atoms with Gasteiger partial charge in [-0.05, 0) is 0 Å². The second-order valence-electron chi connectivity index (χ2n) is 6.10. The molecule has 3 aromatic rings. The van der Waals surface area contributed by atoms with Gasteiger partial charge in [0.05, 0.1) is 14.7 Å². The van der Waals surface area contributed by atoms with E-state index in [1.54, 1.807) is 0 Å². The van der Waals surface area contributed by atoms with E-state index in [0.717, 1.165) is 0 Å². The van der Waals surface area contributed by atoms with Crippen molar-refractivity contribution in [1.29, 1.82) is 0 Å². The van der Waals surface area contributed by atoms with Crippen LogP contribution in [0, 0.1) is 87.3 Å². The molecule has 0 aromatic heterocycles. The highest BCUT2D eigenvalue weighted by Gasteiger charge is 2.25. The SMILES string of the molecule is Fc1c(F)c(F)c(S)c(F)c1F.Fc1c(F)c(F)c(S)c(F)c1F.Fc1c(F)c(F)c(S)c(F)c1F.OB(O)O. The molecule has 22 heteroatoms. The summed E-state index contributed by atoms with van der Waals surface area (Å²) < 4.78 is 184. The fourth-order valence-corrected chi connectivity index (χ4v) is 2.37. The average molecular weight is 662 g/mol. The highest BCUT2D eigenvalue weighted by atomic mass is 32.1. The maximum atomic E-state index is 12.3. The molecule has 3 nitrogen and oxygen atoms in total. The Balaban J connectivity index is 0.000000534. The molecule has 0 saturated carbocycles. The van der Waals surface area contributed by atoms with Crippen LogP contribution in [0.4, 0.5) is 65.9 Å². The van der Waals surface area contributed by atoms with E-state index in [2.05, 4.69) is 37.9 Å².